The molecule has 0 radical (unpaired) electrons. The van der Waals surface area contributed by atoms with Crippen LogP contribution in [-0.2, 0) is 4.74 Å². The molecule has 1 heterocycles. The van der Waals surface area contributed by atoms with Gasteiger partial charge < -0.3 is 15.4 Å². The van der Waals surface area contributed by atoms with Crippen molar-refractivity contribution >= 4 is 29.1 Å². The highest BCUT2D eigenvalue weighted by molar-refractivity contribution is 6.31. The number of methoxy groups -OCH3 is 1. The van der Waals surface area contributed by atoms with E-state index in [9.17, 15) is 9.59 Å². The Balaban J connectivity index is 2.08. The van der Waals surface area contributed by atoms with Crippen LogP contribution in [0.25, 0.3) is 0 Å². The lowest BCUT2D eigenvalue weighted by Gasteiger charge is -2.08. The fourth-order valence-electron chi connectivity index (χ4n) is 1.91. The van der Waals surface area contributed by atoms with Crippen molar-refractivity contribution in [3.63, 3.8) is 0 Å². The van der Waals surface area contributed by atoms with Gasteiger partial charge in [-0.2, -0.15) is 0 Å². The zero-order chi connectivity index (χ0) is 17.5. The number of carbonyl (C=O) groups excluding carboxylic acids is 2. The SMILES string of the molecule is COCCNC(=O)c1cccc(C(=O)Nc2ccc(C)c(Cl)c2)n1. The van der Waals surface area contributed by atoms with Gasteiger partial charge in [0, 0.05) is 24.4 Å². The molecule has 6 nitrogen and oxygen atoms in total. The number of aromatic nitrogens is 1. The van der Waals surface area contributed by atoms with Crippen LogP contribution < -0.4 is 10.6 Å². The third kappa shape index (κ3) is 4.78. The van der Waals surface area contributed by atoms with Crippen LogP contribution >= 0.6 is 11.6 Å². The number of benzene rings is 1. The Morgan fingerprint density at radius 1 is 1.17 bits per heavy atom. The molecular weight excluding hydrogens is 330 g/mol. The van der Waals surface area contributed by atoms with Crippen molar-refractivity contribution in [3.8, 4) is 0 Å². The highest BCUT2D eigenvalue weighted by atomic mass is 35.5. The zero-order valence-electron chi connectivity index (χ0n) is 13.4. The lowest BCUT2D eigenvalue weighted by atomic mass is 10.2. The van der Waals surface area contributed by atoms with E-state index in [-0.39, 0.29) is 17.3 Å². The number of aryl methyl sites for hydroxylation is 1. The molecule has 2 N–H and O–H groups in total. The predicted molar refractivity (Wildman–Crippen MR) is 92.6 cm³/mol. The Morgan fingerprint density at radius 2 is 1.88 bits per heavy atom. The smallest absolute Gasteiger partial charge is 0.274 e. The van der Waals surface area contributed by atoms with Gasteiger partial charge in [0.05, 0.1) is 6.61 Å². The van der Waals surface area contributed by atoms with Crippen molar-refractivity contribution < 1.29 is 14.3 Å². The number of anilines is 1. The molecule has 0 fully saturated rings. The van der Waals surface area contributed by atoms with E-state index in [0.717, 1.165) is 5.56 Å². The third-order valence-electron chi connectivity index (χ3n) is 3.24. The van der Waals surface area contributed by atoms with Gasteiger partial charge in [0.15, 0.2) is 0 Å². The van der Waals surface area contributed by atoms with E-state index < -0.39 is 5.91 Å². The van der Waals surface area contributed by atoms with Crippen LogP contribution in [0.4, 0.5) is 5.69 Å². The molecule has 1 aromatic heterocycles. The topological polar surface area (TPSA) is 80.3 Å². The first-order chi connectivity index (χ1) is 11.5. The van der Waals surface area contributed by atoms with Gasteiger partial charge in [-0.05, 0) is 36.8 Å². The number of nitrogens with zero attached hydrogens (tertiary/aromatic N) is 1. The minimum atomic E-state index is -0.415. The van der Waals surface area contributed by atoms with Crippen LogP contribution in [0.5, 0.6) is 0 Å². The summed E-state index contributed by atoms with van der Waals surface area (Å²) < 4.78 is 4.86. The Kier molecular flexibility index (Phi) is 6.28. The zero-order valence-corrected chi connectivity index (χ0v) is 14.2. The van der Waals surface area contributed by atoms with E-state index in [2.05, 4.69) is 15.6 Å². The average molecular weight is 348 g/mol. The number of halogens is 1. The van der Waals surface area contributed by atoms with E-state index >= 15 is 0 Å². The average Bonchev–Trinajstić information content (AvgIpc) is 2.58. The summed E-state index contributed by atoms with van der Waals surface area (Å²) >= 11 is 6.04. The maximum atomic E-state index is 12.3. The summed E-state index contributed by atoms with van der Waals surface area (Å²) in [4.78, 5) is 28.3. The molecule has 0 aliphatic rings. The number of hydrogen-bond acceptors (Lipinski definition) is 4. The molecule has 2 aromatic rings. The Morgan fingerprint density at radius 3 is 2.54 bits per heavy atom. The molecule has 7 heteroatoms. The lowest BCUT2D eigenvalue weighted by molar-refractivity contribution is 0.0932. The number of ether oxygens (including phenoxy) is 1. The summed E-state index contributed by atoms with van der Waals surface area (Å²) in [7, 11) is 1.55. The van der Waals surface area contributed by atoms with E-state index in [0.29, 0.717) is 23.9 Å². The van der Waals surface area contributed by atoms with Gasteiger partial charge >= 0.3 is 0 Å². The maximum absolute atomic E-state index is 12.3. The maximum Gasteiger partial charge on any atom is 0.274 e. The highest BCUT2D eigenvalue weighted by Gasteiger charge is 2.12. The van der Waals surface area contributed by atoms with Gasteiger partial charge in [-0.25, -0.2) is 4.98 Å². The van der Waals surface area contributed by atoms with Crippen LogP contribution in [0, 0.1) is 6.92 Å². The molecule has 0 unspecified atom stereocenters. The first kappa shape index (κ1) is 17.9. The minimum absolute atomic E-state index is 0.145. The van der Waals surface area contributed by atoms with Gasteiger partial charge in [0.25, 0.3) is 11.8 Å². The van der Waals surface area contributed by atoms with Crippen molar-refractivity contribution in [2.75, 3.05) is 25.6 Å². The fourth-order valence-corrected chi connectivity index (χ4v) is 2.09. The monoisotopic (exact) mass is 347 g/mol. The second-order valence-electron chi connectivity index (χ2n) is 5.07. The molecule has 0 aliphatic carbocycles. The molecule has 0 atom stereocenters. The van der Waals surface area contributed by atoms with E-state index in [1.165, 1.54) is 6.07 Å². The first-order valence-electron chi connectivity index (χ1n) is 7.33. The predicted octanol–water partition coefficient (Wildman–Crippen LogP) is 2.67. The fraction of sp³-hybridized carbons (Fsp3) is 0.235. The van der Waals surface area contributed by atoms with Gasteiger partial charge in [-0.1, -0.05) is 23.7 Å². The summed E-state index contributed by atoms with van der Waals surface area (Å²) in [5.41, 5.74) is 1.79. The second kappa shape index (κ2) is 8.42. The van der Waals surface area contributed by atoms with Crippen molar-refractivity contribution in [1.82, 2.24) is 10.3 Å². The van der Waals surface area contributed by atoms with Crippen LogP contribution in [0.15, 0.2) is 36.4 Å². The molecule has 126 valence electrons. The number of rotatable bonds is 6. The van der Waals surface area contributed by atoms with E-state index in [1.54, 1.807) is 31.4 Å². The molecule has 0 bridgehead atoms. The molecule has 1 aromatic carbocycles. The van der Waals surface area contributed by atoms with Crippen LogP contribution in [0.1, 0.15) is 26.5 Å². The van der Waals surface area contributed by atoms with Crippen molar-refractivity contribution in [1.29, 1.82) is 0 Å². The largest absolute Gasteiger partial charge is 0.383 e. The van der Waals surface area contributed by atoms with Crippen molar-refractivity contribution in [2.24, 2.45) is 0 Å². The number of amides is 2. The second-order valence-corrected chi connectivity index (χ2v) is 5.48. The Labute approximate surface area is 145 Å². The molecule has 0 saturated heterocycles. The number of carbonyl (C=O) groups is 2. The quantitative estimate of drug-likeness (QED) is 0.787. The third-order valence-corrected chi connectivity index (χ3v) is 3.64. The van der Waals surface area contributed by atoms with E-state index in [1.807, 2.05) is 13.0 Å². The standard InChI is InChI=1S/C17H18ClN3O3/c1-11-6-7-12(10-13(11)18)20-17(23)15-5-3-4-14(21-15)16(22)19-8-9-24-2/h3-7,10H,8-9H2,1-2H3,(H,19,22)(H,20,23). The molecule has 24 heavy (non-hydrogen) atoms. The number of nitrogens with one attached hydrogen (secondary N) is 2. The van der Waals surface area contributed by atoms with Crippen molar-refractivity contribution in [3.05, 3.63) is 58.4 Å². The van der Waals surface area contributed by atoms with Gasteiger partial charge in [-0.15, -0.1) is 0 Å². The van der Waals surface area contributed by atoms with Crippen LogP contribution in [-0.4, -0.2) is 37.1 Å². The Hall–Kier alpha value is -2.44. The normalized spacial score (nSPS) is 10.3. The molecule has 0 spiro atoms. The summed E-state index contributed by atoms with van der Waals surface area (Å²) in [6.45, 7) is 2.65. The molecule has 0 aliphatic heterocycles. The minimum Gasteiger partial charge on any atom is -0.383 e. The number of hydrogen-bond donors (Lipinski definition) is 2. The summed E-state index contributed by atoms with van der Waals surface area (Å²) in [6, 6.07) is 9.91. The molecule has 2 rings (SSSR count). The van der Waals surface area contributed by atoms with E-state index in [4.69, 9.17) is 16.3 Å². The van der Waals surface area contributed by atoms with Gasteiger partial charge in [0.2, 0.25) is 0 Å². The Bertz CT molecular complexity index is 750. The lowest BCUT2D eigenvalue weighted by Crippen LogP contribution is -2.28. The first-order valence-corrected chi connectivity index (χ1v) is 7.70. The highest BCUT2D eigenvalue weighted by Crippen LogP contribution is 2.20. The van der Waals surface area contributed by atoms with Crippen LogP contribution in [0.2, 0.25) is 5.02 Å². The number of pyridine rings is 1. The summed E-state index contributed by atoms with van der Waals surface area (Å²) in [5.74, 6) is -0.776. The summed E-state index contributed by atoms with van der Waals surface area (Å²) in [5, 5.41) is 5.92. The van der Waals surface area contributed by atoms with Gasteiger partial charge in [0.1, 0.15) is 11.4 Å². The van der Waals surface area contributed by atoms with Crippen molar-refractivity contribution in [2.45, 2.75) is 6.92 Å². The molecule has 0 saturated carbocycles. The molecular formula is C17H18ClN3O3. The molecule has 2 amide bonds. The van der Waals surface area contributed by atoms with Crippen LogP contribution in [0.3, 0.4) is 0 Å². The van der Waals surface area contributed by atoms with Gasteiger partial charge in [-0.3, -0.25) is 9.59 Å². The summed E-state index contributed by atoms with van der Waals surface area (Å²) in [6.07, 6.45) is 0.